The summed E-state index contributed by atoms with van der Waals surface area (Å²) in [5, 5.41) is 0. The normalized spacial score (nSPS) is 27.8. The van der Waals surface area contributed by atoms with Crippen LogP contribution in [0.15, 0.2) is 53.0 Å². The molecule has 0 saturated carbocycles. The zero-order valence-electron chi connectivity index (χ0n) is 16.3. The summed E-state index contributed by atoms with van der Waals surface area (Å²) in [6, 6.07) is 14.3. The predicted molar refractivity (Wildman–Crippen MR) is 107 cm³/mol. The van der Waals surface area contributed by atoms with Crippen LogP contribution < -0.4 is 0 Å². The van der Waals surface area contributed by atoms with Crippen LogP contribution in [0.2, 0.25) is 0 Å². The van der Waals surface area contributed by atoms with Crippen molar-refractivity contribution in [3.8, 4) is 0 Å². The van der Waals surface area contributed by atoms with Gasteiger partial charge in [-0.05, 0) is 23.6 Å². The molecule has 2 aliphatic heterocycles. The first-order valence-electron chi connectivity index (χ1n) is 9.32. The predicted octanol–water partition coefficient (Wildman–Crippen LogP) is 3.96. The van der Waals surface area contributed by atoms with Gasteiger partial charge in [0.2, 0.25) is 5.60 Å². The van der Waals surface area contributed by atoms with E-state index in [1.165, 1.54) is 7.11 Å². The van der Waals surface area contributed by atoms with Gasteiger partial charge < -0.3 is 18.9 Å². The fraction of sp³-hybridized carbons (Fsp3) is 0.364. The molecule has 0 spiro atoms. The van der Waals surface area contributed by atoms with Gasteiger partial charge >= 0.3 is 11.9 Å². The molecule has 2 aromatic carbocycles. The van der Waals surface area contributed by atoms with E-state index in [0.29, 0.717) is 11.1 Å². The lowest BCUT2D eigenvalue weighted by Gasteiger charge is -2.32. The number of halogens is 1. The number of Topliss-reactive ketones (excluding diaryl/α,β-unsaturated/α-hetero) is 1. The van der Waals surface area contributed by atoms with E-state index in [4.69, 9.17) is 18.9 Å². The largest absolute Gasteiger partial charge is 0.459 e. The monoisotopic (exact) mass is 460 g/mol. The Kier molecular flexibility index (Phi) is 5.11. The molecule has 7 heteroatoms. The Morgan fingerprint density at radius 2 is 1.86 bits per heavy atom. The number of esters is 1. The molecular weight excluding hydrogens is 440 g/mol. The van der Waals surface area contributed by atoms with Gasteiger partial charge in [0.05, 0.1) is 5.56 Å². The van der Waals surface area contributed by atoms with Crippen molar-refractivity contribution in [1.29, 1.82) is 0 Å². The van der Waals surface area contributed by atoms with Crippen molar-refractivity contribution in [2.75, 3.05) is 7.11 Å². The number of carbonyl (C=O) groups is 2. The minimum absolute atomic E-state index is 0.0534. The van der Waals surface area contributed by atoms with Crippen molar-refractivity contribution in [1.82, 2.24) is 0 Å². The van der Waals surface area contributed by atoms with E-state index >= 15 is 0 Å². The average Bonchev–Trinajstić information content (AvgIpc) is 3.07. The molecule has 0 N–H and O–H groups in total. The molecule has 6 nitrogen and oxygen atoms in total. The molecule has 2 heterocycles. The van der Waals surface area contributed by atoms with Gasteiger partial charge in [-0.15, -0.1) is 0 Å². The van der Waals surface area contributed by atoms with Crippen LogP contribution in [0.25, 0.3) is 0 Å². The first kappa shape index (κ1) is 20.2. The van der Waals surface area contributed by atoms with Crippen molar-refractivity contribution >= 4 is 27.7 Å². The van der Waals surface area contributed by atoms with Gasteiger partial charge in [-0.3, -0.25) is 4.79 Å². The maximum Gasteiger partial charge on any atom is 0.342 e. The number of rotatable bonds is 5. The Hall–Kier alpha value is -2.06. The van der Waals surface area contributed by atoms with Gasteiger partial charge in [0, 0.05) is 17.1 Å². The highest BCUT2D eigenvalue weighted by Crippen LogP contribution is 2.52. The lowest BCUT2D eigenvalue weighted by molar-refractivity contribution is -0.352. The van der Waals surface area contributed by atoms with E-state index in [0.717, 1.165) is 10.0 Å². The zero-order chi connectivity index (χ0) is 20.8. The van der Waals surface area contributed by atoms with E-state index in [-0.39, 0.29) is 12.4 Å². The second kappa shape index (κ2) is 7.32. The van der Waals surface area contributed by atoms with E-state index in [1.54, 1.807) is 38.1 Å². The fourth-order valence-corrected chi connectivity index (χ4v) is 4.13. The van der Waals surface area contributed by atoms with Crippen LogP contribution in [-0.2, 0) is 36.3 Å². The molecule has 152 valence electrons. The van der Waals surface area contributed by atoms with Gasteiger partial charge in [-0.2, -0.15) is 0 Å². The number of fused-ring (bicyclic) bond motifs is 4. The van der Waals surface area contributed by atoms with Crippen LogP contribution in [0, 0.1) is 5.92 Å². The van der Waals surface area contributed by atoms with Crippen LogP contribution in [-0.4, -0.2) is 30.6 Å². The van der Waals surface area contributed by atoms with Crippen LogP contribution in [0.1, 0.15) is 35.3 Å². The summed E-state index contributed by atoms with van der Waals surface area (Å²) in [4.78, 5) is 26.5. The summed E-state index contributed by atoms with van der Waals surface area (Å²) in [6.45, 7) is 3.65. The van der Waals surface area contributed by atoms with Crippen molar-refractivity contribution in [2.45, 2.75) is 38.1 Å². The number of ketones is 1. The molecule has 29 heavy (non-hydrogen) atoms. The average molecular weight is 461 g/mol. The molecule has 1 saturated heterocycles. The summed E-state index contributed by atoms with van der Waals surface area (Å²) in [6.07, 6.45) is -1.16. The number of ether oxygens (including phenoxy) is 4. The SMILES string of the molecule is CO[C@]12O[C@H](C(=O)c3ccccc31)[C@](C(=O)OCc1ccc(Br)cc1)(C(C)C)O2. The number of hydrogen-bond donors (Lipinski definition) is 0. The third-order valence-corrected chi connectivity index (χ3v) is 5.98. The summed E-state index contributed by atoms with van der Waals surface area (Å²) in [7, 11) is 1.42. The Morgan fingerprint density at radius 3 is 2.52 bits per heavy atom. The summed E-state index contributed by atoms with van der Waals surface area (Å²) >= 11 is 3.38. The third-order valence-electron chi connectivity index (χ3n) is 5.45. The van der Waals surface area contributed by atoms with Crippen molar-refractivity contribution in [3.63, 3.8) is 0 Å². The van der Waals surface area contributed by atoms with Crippen LogP contribution in [0.4, 0.5) is 0 Å². The highest BCUT2D eigenvalue weighted by Gasteiger charge is 2.70. The summed E-state index contributed by atoms with van der Waals surface area (Å²) < 4.78 is 24.2. The van der Waals surface area contributed by atoms with E-state index in [9.17, 15) is 9.59 Å². The maximum absolute atomic E-state index is 13.3. The third kappa shape index (κ3) is 3.04. The number of benzene rings is 2. The molecule has 0 aromatic heterocycles. The molecule has 3 atom stereocenters. The quantitative estimate of drug-likeness (QED) is 0.628. The maximum atomic E-state index is 13.3. The topological polar surface area (TPSA) is 71.1 Å². The second-order valence-electron chi connectivity index (χ2n) is 7.42. The Labute approximate surface area is 177 Å². The molecule has 1 fully saturated rings. The molecule has 2 aromatic rings. The van der Waals surface area contributed by atoms with Gasteiger partial charge in [0.15, 0.2) is 11.9 Å². The van der Waals surface area contributed by atoms with Gasteiger partial charge in [-0.25, -0.2) is 4.79 Å². The molecule has 4 rings (SSSR count). The molecule has 2 bridgehead atoms. The Morgan fingerprint density at radius 1 is 1.17 bits per heavy atom. The van der Waals surface area contributed by atoms with Crippen molar-refractivity contribution in [2.24, 2.45) is 5.92 Å². The Balaban J connectivity index is 1.69. The number of hydrogen-bond acceptors (Lipinski definition) is 6. The van der Waals surface area contributed by atoms with E-state index < -0.39 is 29.6 Å². The smallest absolute Gasteiger partial charge is 0.342 e. The summed E-state index contributed by atoms with van der Waals surface area (Å²) in [5.41, 5.74) is 0.0702. The van der Waals surface area contributed by atoms with Gasteiger partial charge in [0.1, 0.15) is 6.61 Å². The first-order valence-corrected chi connectivity index (χ1v) is 10.1. The zero-order valence-corrected chi connectivity index (χ0v) is 17.9. The summed E-state index contributed by atoms with van der Waals surface area (Å²) in [5.74, 6) is -3.00. The van der Waals surface area contributed by atoms with Crippen LogP contribution in [0.5, 0.6) is 0 Å². The molecule has 0 radical (unpaired) electrons. The molecule has 0 amide bonds. The Bertz CT molecular complexity index is 956. The molecular formula is C22H21BrO6. The first-order chi connectivity index (χ1) is 13.8. The fourth-order valence-electron chi connectivity index (χ4n) is 3.86. The lowest BCUT2D eigenvalue weighted by Crippen LogP contribution is -2.55. The molecule has 0 unspecified atom stereocenters. The lowest BCUT2D eigenvalue weighted by atomic mass is 9.81. The van der Waals surface area contributed by atoms with Crippen LogP contribution in [0.3, 0.4) is 0 Å². The second-order valence-corrected chi connectivity index (χ2v) is 8.34. The molecule has 2 aliphatic rings. The van der Waals surface area contributed by atoms with E-state index in [2.05, 4.69) is 15.9 Å². The minimum atomic E-state index is -1.63. The standard InChI is InChI=1S/C22H21BrO6/c1-13(2)21(20(25)27-12-14-8-10-15(23)11-9-14)19-18(24)16-6-4-5-7-17(16)22(26-3,28-19)29-21/h4-11,13,19H,12H2,1-3H3/t19-,21+,22+/m1/s1. The minimum Gasteiger partial charge on any atom is -0.459 e. The van der Waals surface area contributed by atoms with Crippen LogP contribution >= 0.6 is 15.9 Å². The van der Waals surface area contributed by atoms with Crippen molar-refractivity contribution < 1.29 is 28.5 Å². The number of carbonyl (C=O) groups excluding carboxylic acids is 2. The highest BCUT2D eigenvalue weighted by atomic mass is 79.9. The highest BCUT2D eigenvalue weighted by molar-refractivity contribution is 9.10. The van der Waals surface area contributed by atoms with Crippen molar-refractivity contribution in [3.05, 3.63) is 69.7 Å². The molecule has 0 aliphatic carbocycles. The number of methoxy groups -OCH3 is 1. The van der Waals surface area contributed by atoms with Gasteiger partial charge in [0.25, 0.3) is 0 Å². The van der Waals surface area contributed by atoms with Gasteiger partial charge in [-0.1, -0.05) is 66.2 Å². The van der Waals surface area contributed by atoms with E-state index in [1.807, 2.05) is 24.3 Å².